The molecule has 1 aromatic heterocycles. The standard InChI is InChI=1S/C23H26N4O5/c1-30-17-8-4-7-16(14-17)20-21(22(24)27-23(25)26-20)32-13-5-12-31-18-9-3-2-6-15(18)10-11-19(28)29/h2-4,6-9,14H,5,10-13H2,1H3,(H,28,29)(H4,24,25,26,27). The Hall–Kier alpha value is -4.01. The number of methoxy groups -OCH3 is 1. The second-order valence-electron chi connectivity index (χ2n) is 6.93. The molecule has 0 unspecified atom stereocenters. The molecule has 9 nitrogen and oxygen atoms in total. The molecule has 0 spiro atoms. The molecule has 0 aliphatic rings. The van der Waals surface area contributed by atoms with Crippen LogP contribution < -0.4 is 25.7 Å². The number of carboxylic acids is 1. The van der Waals surface area contributed by atoms with Gasteiger partial charge in [-0.05, 0) is 30.2 Å². The Morgan fingerprint density at radius 1 is 1.03 bits per heavy atom. The van der Waals surface area contributed by atoms with Gasteiger partial charge < -0.3 is 30.8 Å². The zero-order valence-electron chi connectivity index (χ0n) is 17.8. The molecule has 2 aromatic carbocycles. The van der Waals surface area contributed by atoms with Crippen molar-refractivity contribution in [3.63, 3.8) is 0 Å². The monoisotopic (exact) mass is 438 g/mol. The molecule has 3 rings (SSSR count). The highest BCUT2D eigenvalue weighted by Gasteiger charge is 2.16. The highest BCUT2D eigenvalue weighted by atomic mass is 16.5. The summed E-state index contributed by atoms with van der Waals surface area (Å²) in [6, 6.07) is 14.7. The van der Waals surface area contributed by atoms with Gasteiger partial charge in [0.2, 0.25) is 5.95 Å². The average Bonchev–Trinajstić information content (AvgIpc) is 2.79. The first-order chi connectivity index (χ1) is 15.5. The largest absolute Gasteiger partial charge is 0.497 e. The van der Waals surface area contributed by atoms with E-state index in [1.165, 1.54) is 0 Å². The average molecular weight is 438 g/mol. The molecular weight excluding hydrogens is 412 g/mol. The van der Waals surface area contributed by atoms with E-state index in [4.69, 9.17) is 30.8 Å². The van der Waals surface area contributed by atoms with Crippen LogP contribution in [0.3, 0.4) is 0 Å². The summed E-state index contributed by atoms with van der Waals surface area (Å²) in [4.78, 5) is 19.1. The van der Waals surface area contributed by atoms with Gasteiger partial charge in [-0.15, -0.1) is 0 Å². The number of aliphatic carboxylic acids is 1. The summed E-state index contributed by atoms with van der Waals surface area (Å²) in [6.07, 6.45) is 1.02. The van der Waals surface area contributed by atoms with Crippen LogP contribution in [0, 0.1) is 0 Å². The van der Waals surface area contributed by atoms with Crippen LogP contribution in [0.5, 0.6) is 17.2 Å². The molecule has 0 amide bonds. The molecular formula is C23H26N4O5. The van der Waals surface area contributed by atoms with Gasteiger partial charge in [0.05, 0.1) is 20.3 Å². The van der Waals surface area contributed by atoms with E-state index in [1.807, 2.05) is 48.5 Å². The minimum atomic E-state index is -0.844. The highest BCUT2D eigenvalue weighted by Crippen LogP contribution is 2.34. The SMILES string of the molecule is COc1cccc(-c2nc(N)nc(N)c2OCCCOc2ccccc2CCC(=O)O)c1. The molecule has 0 atom stereocenters. The quantitative estimate of drug-likeness (QED) is 0.385. The van der Waals surface area contributed by atoms with Crippen molar-refractivity contribution in [2.24, 2.45) is 0 Å². The first kappa shape index (κ1) is 22.7. The Bertz CT molecular complexity index is 1070. The maximum Gasteiger partial charge on any atom is 0.303 e. The van der Waals surface area contributed by atoms with Gasteiger partial charge in [-0.1, -0.05) is 30.3 Å². The van der Waals surface area contributed by atoms with Crippen LogP contribution in [-0.2, 0) is 11.2 Å². The number of aromatic nitrogens is 2. The Kier molecular flexibility index (Phi) is 7.69. The first-order valence-corrected chi connectivity index (χ1v) is 10.1. The van der Waals surface area contributed by atoms with Gasteiger partial charge >= 0.3 is 5.97 Å². The Morgan fingerprint density at radius 2 is 1.81 bits per heavy atom. The number of para-hydroxylation sites is 1. The molecule has 0 aliphatic heterocycles. The lowest BCUT2D eigenvalue weighted by Crippen LogP contribution is -2.10. The van der Waals surface area contributed by atoms with Gasteiger partial charge in [0, 0.05) is 18.4 Å². The Morgan fingerprint density at radius 3 is 2.59 bits per heavy atom. The second-order valence-corrected chi connectivity index (χ2v) is 6.93. The molecule has 0 fully saturated rings. The van der Waals surface area contributed by atoms with Crippen molar-refractivity contribution in [3.8, 4) is 28.5 Å². The van der Waals surface area contributed by atoms with Crippen LogP contribution >= 0.6 is 0 Å². The predicted octanol–water partition coefficient (Wildman–Crippen LogP) is 3.18. The number of hydrogen-bond acceptors (Lipinski definition) is 8. The summed E-state index contributed by atoms with van der Waals surface area (Å²) in [5.74, 6) is 1.03. The lowest BCUT2D eigenvalue weighted by atomic mass is 10.1. The number of nitrogen functional groups attached to an aromatic ring is 2. The van der Waals surface area contributed by atoms with Crippen molar-refractivity contribution in [2.75, 3.05) is 31.8 Å². The third kappa shape index (κ3) is 6.00. The van der Waals surface area contributed by atoms with E-state index in [0.717, 1.165) is 11.1 Å². The molecule has 0 saturated heterocycles. The molecule has 0 bridgehead atoms. The molecule has 0 aliphatic carbocycles. The van der Waals surface area contributed by atoms with Crippen LogP contribution in [0.25, 0.3) is 11.3 Å². The van der Waals surface area contributed by atoms with Gasteiger partial charge in [-0.2, -0.15) is 4.98 Å². The van der Waals surface area contributed by atoms with Crippen molar-refractivity contribution in [3.05, 3.63) is 54.1 Å². The molecule has 5 N–H and O–H groups in total. The van der Waals surface area contributed by atoms with E-state index < -0.39 is 5.97 Å². The predicted molar refractivity (Wildman–Crippen MR) is 121 cm³/mol. The van der Waals surface area contributed by atoms with Crippen molar-refractivity contribution in [1.29, 1.82) is 0 Å². The van der Waals surface area contributed by atoms with Crippen molar-refractivity contribution >= 4 is 17.7 Å². The Labute approximate surface area is 186 Å². The van der Waals surface area contributed by atoms with E-state index in [2.05, 4.69) is 9.97 Å². The number of anilines is 2. The molecule has 168 valence electrons. The molecule has 1 heterocycles. The van der Waals surface area contributed by atoms with Gasteiger partial charge in [-0.25, -0.2) is 4.98 Å². The number of rotatable bonds is 11. The smallest absolute Gasteiger partial charge is 0.303 e. The van der Waals surface area contributed by atoms with E-state index in [9.17, 15) is 4.79 Å². The van der Waals surface area contributed by atoms with Crippen molar-refractivity contribution in [2.45, 2.75) is 19.3 Å². The van der Waals surface area contributed by atoms with Crippen LogP contribution in [0.4, 0.5) is 11.8 Å². The Balaban J connectivity index is 1.63. The fourth-order valence-electron chi connectivity index (χ4n) is 3.10. The zero-order chi connectivity index (χ0) is 22.9. The van der Waals surface area contributed by atoms with Crippen LogP contribution in [-0.4, -0.2) is 41.4 Å². The van der Waals surface area contributed by atoms with E-state index in [-0.39, 0.29) is 18.2 Å². The number of hydrogen-bond donors (Lipinski definition) is 3. The number of aryl methyl sites for hydroxylation is 1. The van der Waals surface area contributed by atoms with E-state index in [1.54, 1.807) is 7.11 Å². The maximum absolute atomic E-state index is 10.8. The van der Waals surface area contributed by atoms with Gasteiger partial charge in [-0.3, -0.25) is 4.79 Å². The van der Waals surface area contributed by atoms with E-state index in [0.29, 0.717) is 49.0 Å². The maximum atomic E-state index is 10.8. The highest BCUT2D eigenvalue weighted by molar-refractivity contribution is 5.74. The summed E-state index contributed by atoms with van der Waals surface area (Å²) in [5, 5.41) is 8.90. The van der Waals surface area contributed by atoms with Gasteiger partial charge in [0.25, 0.3) is 0 Å². The van der Waals surface area contributed by atoms with Crippen molar-refractivity contribution in [1.82, 2.24) is 9.97 Å². The fraction of sp³-hybridized carbons (Fsp3) is 0.261. The van der Waals surface area contributed by atoms with Crippen molar-refractivity contribution < 1.29 is 24.1 Å². The minimum Gasteiger partial charge on any atom is -0.497 e. The van der Waals surface area contributed by atoms with E-state index >= 15 is 0 Å². The number of ether oxygens (including phenoxy) is 3. The van der Waals surface area contributed by atoms with Gasteiger partial charge in [0.1, 0.15) is 17.2 Å². The topological polar surface area (TPSA) is 143 Å². The molecule has 3 aromatic rings. The first-order valence-electron chi connectivity index (χ1n) is 10.1. The number of nitrogens with two attached hydrogens (primary N) is 2. The molecule has 9 heteroatoms. The number of carbonyl (C=O) groups is 1. The third-order valence-electron chi connectivity index (χ3n) is 4.63. The second kappa shape index (κ2) is 10.9. The normalized spacial score (nSPS) is 10.5. The van der Waals surface area contributed by atoms with Crippen LogP contribution in [0.15, 0.2) is 48.5 Å². The van der Waals surface area contributed by atoms with Crippen LogP contribution in [0.2, 0.25) is 0 Å². The lowest BCUT2D eigenvalue weighted by Gasteiger charge is -2.15. The number of benzene rings is 2. The minimum absolute atomic E-state index is 0.0486. The van der Waals surface area contributed by atoms with Crippen LogP contribution in [0.1, 0.15) is 18.4 Å². The molecule has 0 radical (unpaired) electrons. The lowest BCUT2D eigenvalue weighted by molar-refractivity contribution is -0.136. The summed E-state index contributed by atoms with van der Waals surface area (Å²) in [7, 11) is 1.58. The van der Waals surface area contributed by atoms with Gasteiger partial charge in [0.15, 0.2) is 11.6 Å². The molecule has 32 heavy (non-hydrogen) atoms. The third-order valence-corrected chi connectivity index (χ3v) is 4.63. The number of carboxylic acid groups (broad SMARTS) is 1. The summed E-state index contributed by atoms with van der Waals surface area (Å²) >= 11 is 0. The summed E-state index contributed by atoms with van der Waals surface area (Å²) < 4.78 is 17.0. The fourth-order valence-corrected chi connectivity index (χ4v) is 3.10. The summed E-state index contributed by atoms with van der Waals surface area (Å²) in [6.45, 7) is 0.694. The summed E-state index contributed by atoms with van der Waals surface area (Å²) in [5.41, 5.74) is 13.9. The molecule has 0 saturated carbocycles. The number of nitrogens with zero attached hydrogens (tertiary/aromatic N) is 2. The zero-order valence-corrected chi connectivity index (χ0v) is 17.8.